The molecule has 0 bridgehead atoms. The van der Waals surface area contributed by atoms with Crippen LogP contribution in [0.1, 0.15) is 16.5 Å². The summed E-state index contributed by atoms with van der Waals surface area (Å²) in [6.07, 6.45) is -0.881. The molecule has 7 heteroatoms. The first kappa shape index (κ1) is 14.9. The van der Waals surface area contributed by atoms with Gasteiger partial charge in [-0.05, 0) is 55.6 Å². The fourth-order valence-corrected chi connectivity index (χ4v) is 3.63. The molecule has 1 atom stereocenters. The lowest BCUT2D eigenvalue weighted by Crippen LogP contribution is -2.03. The fourth-order valence-electron chi connectivity index (χ4n) is 1.52. The molecular formula is C12H8Br2F2O2S. The number of benzene rings is 1. The third kappa shape index (κ3) is 3.75. The zero-order chi connectivity index (χ0) is 14.0. The van der Waals surface area contributed by atoms with Crippen molar-refractivity contribution in [3.05, 3.63) is 49.0 Å². The standard InChI is InChI=1S/C12H8Br2F2O2S/c13-8-5-9(19-11(8)14)10(17)6-2-1-3-7(4-6)18-12(15)16/h1-5,10,12,17H. The number of hydrogen-bond donors (Lipinski definition) is 1. The first-order chi connectivity index (χ1) is 8.97. The van der Waals surface area contributed by atoms with Crippen molar-refractivity contribution in [1.82, 2.24) is 0 Å². The van der Waals surface area contributed by atoms with E-state index >= 15 is 0 Å². The van der Waals surface area contributed by atoms with Crippen LogP contribution in [0.4, 0.5) is 8.78 Å². The van der Waals surface area contributed by atoms with E-state index in [0.717, 1.165) is 8.26 Å². The number of aliphatic hydroxyl groups excluding tert-OH is 1. The predicted molar refractivity (Wildman–Crippen MR) is 76.9 cm³/mol. The van der Waals surface area contributed by atoms with Crippen LogP contribution in [0, 0.1) is 0 Å². The van der Waals surface area contributed by atoms with Crippen molar-refractivity contribution in [3.8, 4) is 5.75 Å². The maximum Gasteiger partial charge on any atom is 0.387 e. The van der Waals surface area contributed by atoms with Crippen molar-refractivity contribution in [2.75, 3.05) is 0 Å². The van der Waals surface area contributed by atoms with Gasteiger partial charge in [0, 0.05) is 9.35 Å². The van der Waals surface area contributed by atoms with Crippen molar-refractivity contribution < 1.29 is 18.6 Å². The number of thiophene rings is 1. The maximum atomic E-state index is 12.1. The number of halogens is 4. The molecule has 0 saturated heterocycles. The number of aliphatic hydroxyl groups is 1. The topological polar surface area (TPSA) is 29.5 Å². The average Bonchev–Trinajstić information content (AvgIpc) is 2.68. The molecule has 1 heterocycles. The highest BCUT2D eigenvalue weighted by atomic mass is 79.9. The van der Waals surface area contributed by atoms with E-state index in [1.165, 1.54) is 23.5 Å². The van der Waals surface area contributed by atoms with Gasteiger partial charge in [0.1, 0.15) is 11.9 Å². The van der Waals surface area contributed by atoms with Gasteiger partial charge in [-0.2, -0.15) is 8.78 Å². The predicted octanol–water partition coefficient (Wildman–Crippen LogP) is 4.96. The van der Waals surface area contributed by atoms with E-state index in [1.807, 2.05) is 0 Å². The van der Waals surface area contributed by atoms with Crippen LogP contribution >= 0.6 is 43.2 Å². The molecule has 2 nitrogen and oxygen atoms in total. The molecule has 0 aliphatic rings. The monoisotopic (exact) mass is 412 g/mol. The van der Waals surface area contributed by atoms with Crippen LogP contribution in [0.15, 0.2) is 38.6 Å². The molecule has 1 N–H and O–H groups in total. The van der Waals surface area contributed by atoms with Crippen LogP contribution in [0.3, 0.4) is 0 Å². The lowest BCUT2D eigenvalue weighted by molar-refractivity contribution is -0.0499. The Balaban J connectivity index is 2.25. The van der Waals surface area contributed by atoms with Gasteiger partial charge < -0.3 is 9.84 Å². The summed E-state index contributed by atoms with van der Waals surface area (Å²) < 4.78 is 30.3. The van der Waals surface area contributed by atoms with Crippen molar-refractivity contribution in [2.45, 2.75) is 12.7 Å². The van der Waals surface area contributed by atoms with Gasteiger partial charge in [-0.3, -0.25) is 0 Å². The van der Waals surface area contributed by atoms with Crippen LogP contribution in [0.2, 0.25) is 0 Å². The van der Waals surface area contributed by atoms with E-state index in [2.05, 4.69) is 36.6 Å². The zero-order valence-electron chi connectivity index (χ0n) is 9.32. The van der Waals surface area contributed by atoms with E-state index in [1.54, 1.807) is 18.2 Å². The molecule has 2 rings (SSSR count). The Morgan fingerprint density at radius 1 is 1.21 bits per heavy atom. The summed E-state index contributed by atoms with van der Waals surface area (Å²) in [4.78, 5) is 0.702. The van der Waals surface area contributed by atoms with Gasteiger partial charge in [0.05, 0.1) is 3.79 Å². The van der Waals surface area contributed by atoms with E-state index in [4.69, 9.17) is 0 Å². The molecular weight excluding hydrogens is 406 g/mol. The lowest BCUT2D eigenvalue weighted by Gasteiger charge is -2.11. The summed E-state index contributed by atoms with van der Waals surface area (Å²) in [5.74, 6) is 0.0289. The van der Waals surface area contributed by atoms with Crippen LogP contribution < -0.4 is 4.74 Å². The summed E-state index contributed by atoms with van der Waals surface area (Å²) in [5, 5.41) is 10.2. The van der Waals surface area contributed by atoms with Crippen molar-refractivity contribution in [1.29, 1.82) is 0 Å². The molecule has 1 aromatic heterocycles. The van der Waals surface area contributed by atoms with Crippen LogP contribution in [0.5, 0.6) is 5.75 Å². The van der Waals surface area contributed by atoms with Gasteiger partial charge >= 0.3 is 6.61 Å². The Labute approximate surface area is 129 Å². The lowest BCUT2D eigenvalue weighted by atomic mass is 10.1. The molecule has 0 radical (unpaired) electrons. The summed E-state index contributed by atoms with van der Waals surface area (Å²) in [6.45, 7) is -2.88. The average molecular weight is 414 g/mol. The third-order valence-electron chi connectivity index (χ3n) is 2.33. The zero-order valence-corrected chi connectivity index (χ0v) is 13.3. The molecule has 0 fully saturated rings. The van der Waals surface area contributed by atoms with Gasteiger partial charge in [-0.1, -0.05) is 12.1 Å². The quantitative estimate of drug-likeness (QED) is 0.767. The van der Waals surface area contributed by atoms with Crippen molar-refractivity contribution >= 4 is 43.2 Å². The van der Waals surface area contributed by atoms with Gasteiger partial charge in [0.15, 0.2) is 0 Å². The second kappa shape index (κ2) is 6.30. The number of rotatable bonds is 4. The molecule has 0 spiro atoms. The van der Waals surface area contributed by atoms with E-state index in [9.17, 15) is 13.9 Å². The number of alkyl halides is 2. The first-order valence-corrected chi connectivity index (χ1v) is 7.55. The third-order valence-corrected chi connectivity index (χ3v) is 5.64. The summed E-state index contributed by atoms with van der Waals surface area (Å²) in [6, 6.07) is 7.82. The van der Waals surface area contributed by atoms with E-state index < -0.39 is 12.7 Å². The fraction of sp³-hybridized carbons (Fsp3) is 0.167. The van der Waals surface area contributed by atoms with Crippen LogP contribution in [0.25, 0.3) is 0 Å². The Morgan fingerprint density at radius 3 is 2.53 bits per heavy atom. The van der Waals surface area contributed by atoms with Crippen LogP contribution in [-0.4, -0.2) is 11.7 Å². The highest BCUT2D eigenvalue weighted by molar-refractivity contribution is 9.13. The smallest absolute Gasteiger partial charge is 0.387 e. The van der Waals surface area contributed by atoms with E-state index in [0.29, 0.717) is 10.4 Å². The second-order valence-corrected chi connectivity index (χ2v) is 6.88. The molecule has 1 aromatic carbocycles. The summed E-state index contributed by atoms with van der Waals surface area (Å²) in [5.41, 5.74) is 0.499. The molecule has 19 heavy (non-hydrogen) atoms. The van der Waals surface area contributed by atoms with Gasteiger partial charge in [0.2, 0.25) is 0 Å². The molecule has 2 aromatic rings. The molecule has 0 aliphatic carbocycles. The minimum absolute atomic E-state index is 0.0289. The largest absolute Gasteiger partial charge is 0.435 e. The highest BCUT2D eigenvalue weighted by Crippen LogP contribution is 2.38. The van der Waals surface area contributed by atoms with Gasteiger partial charge in [0.25, 0.3) is 0 Å². The van der Waals surface area contributed by atoms with Crippen molar-refractivity contribution in [3.63, 3.8) is 0 Å². The van der Waals surface area contributed by atoms with Gasteiger partial charge in [-0.15, -0.1) is 11.3 Å². The minimum Gasteiger partial charge on any atom is -0.435 e. The molecule has 102 valence electrons. The van der Waals surface area contributed by atoms with Gasteiger partial charge in [-0.25, -0.2) is 0 Å². The van der Waals surface area contributed by atoms with Crippen LogP contribution in [-0.2, 0) is 0 Å². The second-order valence-electron chi connectivity index (χ2n) is 3.62. The van der Waals surface area contributed by atoms with Crippen molar-refractivity contribution in [2.24, 2.45) is 0 Å². The first-order valence-electron chi connectivity index (χ1n) is 5.15. The minimum atomic E-state index is -2.88. The normalized spacial score (nSPS) is 12.7. The summed E-state index contributed by atoms with van der Waals surface area (Å²) >= 11 is 8.04. The van der Waals surface area contributed by atoms with E-state index in [-0.39, 0.29) is 5.75 Å². The Bertz CT molecular complexity index is 555. The Kier molecular flexibility index (Phi) is 4.94. The molecule has 1 unspecified atom stereocenters. The number of ether oxygens (including phenoxy) is 1. The molecule has 0 saturated carbocycles. The highest BCUT2D eigenvalue weighted by Gasteiger charge is 2.16. The Morgan fingerprint density at radius 2 is 1.95 bits per heavy atom. The Hall–Kier alpha value is -0.500. The SMILES string of the molecule is OC(c1cccc(OC(F)F)c1)c1cc(Br)c(Br)s1. The molecule has 0 amide bonds. The maximum absolute atomic E-state index is 12.1. The number of hydrogen-bond acceptors (Lipinski definition) is 3. The summed E-state index contributed by atoms with van der Waals surface area (Å²) in [7, 11) is 0. The molecule has 0 aliphatic heterocycles.